The molecule has 116 valence electrons. The maximum atomic E-state index is 12.6. The van der Waals surface area contributed by atoms with Crippen LogP contribution in [0, 0.1) is 0 Å². The topological polar surface area (TPSA) is 36.4 Å². The highest BCUT2D eigenvalue weighted by Crippen LogP contribution is 2.19. The Morgan fingerprint density at radius 3 is 2.52 bits per heavy atom. The van der Waals surface area contributed by atoms with Crippen LogP contribution in [0.15, 0.2) is 12.1 Å². The Labute approximate surface area is 132 Å². The molecule has 4 nitrogen and oxygen atoms in total. The SMILES string of the molecule is CCCN1CCN(C(=O)c2cc(Cl)nc(C(C)C)c2)CC1. The molecular formula is C16H24ClN3O. The average Bonchev–Trinajstić information content (AvgIpc) is 2.47. The maximum Gasteiger partial charge on any atom is 0.254 e. The number of pyridine rings is 1. The molecule has 2 rings (SSSR count). The third kappa shape index (κ3) is 4.17. The molecule has 21 heavy (non-hydrogen) atoms. The lowest BCUT2D eigenvalue weighted by molar-refractivity contribution is 0.0637. The molecule has 0 bridgehead atoms. The lowest BCUT2D eigenvalue weighted by Gasteiger charge is -2.34. The van der Waals surface area contributed by atoms with Crippen LogP contribution < -0.4 is 0 Å². The van der Waals surface area contributed by atoms with Crippen LogP contribution in [-0.4, -0.2) is 53.4 Å². The van der Waals surface area contributed by atoms with Gasteiger partial charge in [-0.25, -0.2) is 4.98 Å². The predicted octanol–water partition coefficient (Wildman–Crippen LogP) is 3.03. The van der Waals surface area contributed by atoms with Gasteiger partial charge in [-0.05, 0) is 31.0 Å². The molecule has 1 amide bonds. The molecule has 0 aromatic carbocycles. The number of carbonyl (C=O) groups is 1. The van der Waals surface area contributed by atoms with E-state index in [1.807, 2.05) is 11.0 Å². The van der Waals surface area contributed by atoms with E-state index in [1.165, 1.54) is 0 Å². The third-order valence-electron chi connectivity index (χ3n) is 3.85. The number of hydrogen-bond donors (Lipinski definition) is 0. The minimum absolute atomic E-state index is 0.0670. The van der Waals surface area contributed by atoms with Crippen LogP contribution in [-0.2, 0) is 0 Å². The summed E-state index contributed by atoms with van der Waals surface area (Å²) in [5.41, 5.74) is 1.53. The number of hydrogen-bond acceptors (Lipinski definition) is 3. The van der Waals surface area contributed by atoms with Crippen LogP contribution in [0.3, 0.4) is 0 Å². The van der Waals surface area contributed by atoms with Gasteiger partial charge in [0, 0.05) is 37.4 Å². The van der Waals surface area contributed by atoms with E-state index in [-0.39, 0.29) is 11.8 Å². The first-order valence-electron chi connectivity index (χ1n) is 7.70. The highest BCUT2D eigenvalue weighted by molar-refractivity contribution is 6.29. The summed E-state index contributed by atoms with van der Waals surface area (Å²) in [6, 6.07) is 3.55. The minimum atomic E-state index is 0.0670. The first kappa shape index (κ1) is 16.2. The lowest BCUT2D eigenvalue weighted by Crippen LogP contribution is -2.48. The van der Waals surface area contributed by atoms with E-state index in [0.717, 1.165) is 44.8 Å². The molecule has 0 atom stereocenters. The van der Waals surface area contributed by atoms with Gasteiger partial charge in [-0.15, -0.1) is 0 Å². The summed E-state index contributed by atoms with van der Waals surface area (Å²) in [6.45, 7) is 10.9. The molecule has 2 heterocycles. The van der Waals surface area contributed by atoms with Gasteiger partial charge in [0.05, 0.1) is 0 Å². The van der Waals surface area contributed by atoms with E-state index in [1.54, 1.807) is 6.07 Å². The molecule has 0 unspecified atom stereocenters. The van der Waals surface area contributed by atoms with E-state index < -0.39 is 0 Å². The zero-order valence-corrected chi connectivity index (χ0v) is 13.9. The molecule has 0 spiro atoms. The largest absolute Gasteiger partial charge is 0.336 e. The smallest absolute Gasteiger partial charge is 0.254 e. The van der Waals surface area contributed by atoms with Crippen LogP contribution in [0.4, 0.5) is 0 Å². The minimum Gasteiger partial charge on any atom is -0.336 e. The van der Waals surface area contributed by atoms with Gasteiger partial charge < -0.3 is 4.90 Å². The Morgan fingerprint density at radius 2 is 1.95 bits per heavy atom. The van der Waals surface area contributed by atoms with Crippen LogP contribution in [0.2, 0.25) is 5.15 Å². The number of aromatic nitrogens is 1. The summed E-state index contributed by atoms with van der Waals surface area (Å²) in [4.78, 5) is 21.2. The van der Waals surface area contributed by atoms with Crippen molar-refractivity contribution in [3.63, 3.8) is 0 Å². The standard InChI is InChI=1S/C16H24ClN3O/c1-4-5-19-6-8-20(9-7-19)16(21)13-10-14(12(2)3)18-15(17)11-13/h10-12H,4-9H2,1-3H3. The van der Waals surface area contributed by atoms with Crippen LogP contribution in [0.5, 0.6) is 0 Å². The van der Waals surface area contributed by atoms with Crippen LogP contribution in [0.25, 0.3) is 0 Å². The molecule has 1 saturated heterocycles. The molecule has 0 aliphatic carbocycles. The summed E-state index contributed by atoms with van der Waals surface area (Å²) in [7, 11) is 0. The van der Waals surface area contributed by atoms with Gasteiger partial charge in [0.2, 0.25) is 0 Å². The van der Waals surface area contributed by atoms with Gasteiger partial charge in [0.25, 0.3) is 5.91 Å². The predicted molar refractivity (Wildman–Crippen MR) is 86.0 cm³/mol. The summed E-state index contributed by atoms with van der Waals surface area (Å²) >= 11 is 6.05. The second-order valence-electron chi connectivity index (χ2n) is 5.89. The highest BCUT2D eigenvalue weighted by atomic mass is 35.5. The van der Waals surface area contributed by atoms with Gasteiger partial charge >= 0.3 is 0 Å². The summed E-state index contributed by atoms with van der Waals surface area (Å²) in [5, 5.41) is 0.397. The van der Waals surface area contributed by atoms with Gasteiger partial charge in [-0.1, -0.05) is 32.4 Å². The number of rotatable bonds is 4. The summed E-state index contributed by atoms with van der Waals surface area (Å²) in [6.07, 6.45) is 1.16. The second kappa shape index (κ2) is 7.23. The Morgan fingerprint density at radius 1 is 1.29 bits per heavy atom. The highest BCUT2D eigenvalue weighted by Gasteiger charge is 2.22. The molecule has 0 N–H and O–H groups in total. The van der Waals surface area contributed by atoms with Crippen molar-refractivity contribution in [2.45, 2.75) is 33.1 Å². The molecule has 1 aliphatic rings. The Hall–Kier alpha value is -1.13. The molecule has 5 heteroatoms. The van der Waals surface area contributed by atoms with E-state index >= 15 is 0 Å². The lowest BCUT2D eigenvalue weighted by atomic mass is 10.1. The van der Waals surface area contributed by atoms with Crippen molar-refractivity contribution >= 4 is 17.5 Å². The van der Waals surface area contributed by atoms with Crippen molar-refractivity contribution in [1.82, 2.24) is 14.8 Å². The molecule has 1 fully saturated rings. The normalized spacial score (nSPS) is 16.5. The van der Waals surface area contributed by atoms with Crippen molar-refractivity contribution < 1.29 is 4.79 Å². The Bertz CT molecular complexity index is 496. The van der Waals surface area contributed by atoms with Crippen molar-refractivity contribution in [3.05, 3.63) is 28.5 Å². The fourth-order valence-corrected chi connectivity index (χ4v) is 2.82. The third-order valence-corrected chi connectivity index (χ3v) is 4.05. The molecule has 0 radical (unpaired) electrons. The summed E-state index contributed by atoms with van der Waals surface area (Å²) < 4.78 is 0. The number of halogens is 1. The van der Waals surface area contributed by atoms with Gasteiger partial charge in [0.15, 0.2) is 0 Å². The van der Waals surface area contributed by atoms with Gasteiger partial charge in [-0.2, -0.15) is 0 Å². The van der Waals surface area contributed by atoms with Gasteiger partial charge in [0.1, 0.15) is 5.15 Å². The van der Waals surface area contributed by atoms with E-state index in [9.17, 15) is 4.79 Å². The van der Waals surface area contributed by atoms with E-state index in [0.29, 0.717) is 10.7 Å². The molecular weight excluding hydrogens is 286 g/mol. The molecule has 1 aliphatic heterocycles. The fraction of sp³-hybridized carbons (Fsp3) is 0.625. The first-order chi connectivity index (χ1) is 10.0. The van der Waals surface area contributed by atoms with Crippen molar-refractivity contribution in [1.29, 1.82) is 0 Å². The summed E-state index contributed by atoms with van der Waals surface area (Å²) in [5.74, 6) is 0.328. The average molecular weight is 310 g/mol. The fourth-order valence-electron chi connectivity index (χ4n) is 2.61. The number of piperazine rings is 1. The Kier molecular flexibility index (Phi) is 5.59. The molecule has 0 saturated carbocycles. The van der Waals surface area contributed by atoms with Crippen molar-refractivity contribution in [2.24, 2.45) is 0 Å². The maximum absolute atomic E-state index is 12.6. The number of amides is 1. The number of nitrogens with zero attached hydrogens (tertiary/aromatic N) is 3. The quantitative estimate of drug-likeness (QED) is 0.802. The Balaban J connectivity index is 2.07. The van der Waals surface area contributed by atoms with E-state index in [2.05, 4.69) is 30.7 Å². The number of carbonyl (C=O) groups excluding carboxylic acids is 1. The molecule has 1 aromatic rings. The van der Waals surface area contributed by atoms with Gasteiger partial charge in [-0.3, -0.25) is 9.69 Å². The van der Waals surface area contributed by atoms with Crippen LogP contribution >= 0.6 is 11.6 Å². The van der Waals surface area contributed by atoms with Crippen molar-refractivity contribution in [2.75, 3.05) is 32.7 Å². The second-order valence-corrected chi connectivity index (χ2v) is 6.28. The monoisotopic (exact) mass is 309 g/mol. The zero-order valence-electron chi connectivity index (χ0n) is 13.1. The van der Waals surface area contributed by atoms with Crippen molar-refractivity contribution in [3.8, 4) is 0 Å². The van der Waals surface area contributed by atoms with Crippen LogP contribution in [0.1, 0.15) is 49.2 Å². The first-order valence-corrected chi connectivity index (χ1v) is 8.08. The zero-order chi connectivity index (χ0) is 15.4. The van der Waals surface area contributed by atoms with E-state index in [4.69, 9.17) is 11.6 Å². The molecule has 1 aromatic heterocycles.